The van der Waals surface area contributed by atoms with Crippen molar-refractivity contribution in [3.05, 3.63) is 88.9 Å². The fraction of sp³-hybridized carbons (Fsp3) is 0.345. The molecule has 8 heteroatoms. The van der Waals surface area contributed by atoms with Crippen LogP contribution >= 0.6 is 0 Å². The van der Waals surface area contributed by atoms with E-state index in [-0.39, 0.29) is 29.7 Å². The molecule has 0 radical (unpaired) electrons. The monoisotopic (exact) mass is 495 g/mol. The van der Waals surface area contributed by atoms with Gasteiger partial charge in [0.1, 0.15) is 11.9 Å². The minimum absolute atomic E-state index is 0.0424. The number of benzene rings is 1. The van der Waals surface area contributed by atoms with E-state index >= 15 is 0 Å². The highest BCUT2D eigenvalue weighted by molar-refractivity contribution is 6.06. The SMILES string of the molecule is CCN1C(=O)[C@@H](NC(=O)c2cnc3c(c2)C[C@@]2(C3)C(=O)Nc3ncccc32)CC(c2ccccc2)[C@H]1C. The molecule has 2 aliphatic heterocycles. The Morgan fingerprint density at radius 3 is 2.73 bits per heavy atom. The van der Waals surface area contributed by atoms with Gasteiger partial charge >= 0.3 is 0 Å². The fourth-order valence-electron chi connectivity index (χ4n) is 6.33. The molecule has 3 aliphatic rings. The summed E-state index contributed by atoms with van der Waals surface area (Å²) in [5, 5.41) is 5.88. The van der Waals surface area contributed by atoms with E-state index in [0.717, 1.165) is 22.4 Å². The maximum atomic E-state index is 13.3. The standard InChI is InChI=1S/C29H29N5O3/c1-3-34-17(2)21(18-8-5-4-6-9-18)13-23(27(34)36)32-26(35)20-12-19-14-29(15-24(19)31-16-20)22-10-7-11-30-25(22)33-28(29)37/h4-12,16-17,21,23H,3,13-15H2,1-2H3,(H,32,35)(H,30,33,37)/t17-,21?,23+,29+/m1/s1. The van der Waals surface area contributed by atoms with Gasteiger partial charge < -0.3 is 15.5 Å². The first-order chi connectivity index (χ1) is 17.9. The molecule has 3 aromatic rings. The predicted molar refractivity (Wildman–Crippen MR) is 138 cm³/mol. The number of nitrogens with zero attached hydrogens (tertiary/aromatic N) is 3. The van der Waals surface area contributed by atoms with Gasteiger partial charge in [0.05, 0.1) is 11.0 Å². The highest BCUT2D eigenvalue weighted by Crippen LogP contribution is 2.46. The second-order valence-corrected chi connectivity index (χ2v) is 10.3. The van der Waals surface area contributed by atoms with Gasteiger partial charge in [0.15, 0.2) is 0 Å². The number of carbonyl (C=O) groups excluding carboxylic acids is 3. The van der Waals surface area contributed by atoms with Gasteiger partial charge in [0.2, 0.25) is 11.8 Å². The first-order valence-electron chi connectivity index (χ1n) is 12.8. The van der Waals surface area contributed by atoms with Crippen LogP contribution in [0.15, 0.2) is 60.9 Å². The number of hydrogen-bond donors (Lipinski definition) is 2. The lowest BCUT2D eigenvalue weighted by molar-refractivity contribution is -0.139. The van der Waals surface area contributed by atoms with E-state index in [1.54, 1.807) is 12.4 Å². The van der Waals surface area contributed by atoms with Crippen molar-refractivity contribution >= 4 is 23.5 Å². The highest BCUT2D eigenvalue weighted by atomic mass is 16.2. The number of hydrogen-bond acceptors (Lipinski definition) is 5. The molecule has 1 spiro atoms. The van der Waals surface area contributed by atoms with Crippen LogP contribution in [-0.4, -0.2) is 51.2 Å². The lowest BCUT2D eigenvalue weighted by Crippen LogP contribution is -2.57. The van der Waals surface area contributed by atoms with Crippen molar-refractivity contribution in [1.29, 1.82) is 0 Å². The van der Waals surface area contributed by atoms with E-state index < -0.39 is 11.5 Å². The molecule has 1 saturated heterocycles. The lowest BCUT2D eigenvalue weighted by Gasteiger charge is -2.42. The number of likely N-dealkylation sites (tertiary alicyclic amines) is 1. The van der Waals surface area contributed by atoms with Gasteiger partial charge in [-0.1, -0.05) is 36.4 Å². The maximum Gasteiger partial charge on any atom is 0.253 e. The summed E-state index contributed by atoms with van der Waals surface area (Å²) in [5.74, 6) is 0.243. The van der Waals surface area contributed by atoms with Crippen LogP contribution in [0.1, 0.15) is 58.9 Å². The number of carbonyl (C=O) groups is 3. The Bertz CT molecular complexity index is 1410. The smallest absolute Gasteiger partial charge is 0.253 e. The van der Waals surface area contributed by atoms with Crippen LogP contribution in [0.4, 0.5) is 5.82 Å². The molecule has 4 heterocycles. The summed E-state index contributed by atoms with van der Waals surface area (Å²) in [7, 11) is 0. The van der Waals surface area contributed by atoms with Gasteiger partial charge in [-0.3, -0.25) is 19.4 Å². The molecule has 2 N–H and O–H groups in total. The van der Waals surface area contributed by atoms with Crippen LogP contribution in [0.5, 0.6) is 0 Å². The quantitative estimate of drug-likeness (QED) is 0.579. The largest absolute Gasteiger partial charge is 0.340 e. The lowest BCUT2D eigenvalue weighted by atomic mass is 9.80. The van der Waals surface area contributed by atoms with Crippen molar-refractivity contribution in [3.8, 4) is 0 Å². The third-order valence-corrected chi connectivity index (χ3v) is 8.29. The van der Waals surface area contributed by atoms with Crippen molar-refractivity contribution in [3.63, 3.8) is 0 Å². The van der Waals surface area contributed by atoms with E-state index in [2.05, 4.69) is 39.7 Å². The van der Waals surface area contributed by atoms with Gasteiger partial charge in [-0.05, 0) is 49.9 Å². The third kappa shape index (κ3) is 3.70. The molecule has 0 saturated carbocycles. The van der Waals surface area contributed by atoms with E-state index in [9.17, 15) is 14.4 Å². The first-order valence-corrected chi connectivity index (χ1v) is 12.8. The van der Waals surface area contributed by atoms with Crippen LogP contribution in [0.3, 0.4) is 0 Å². The molecule has 8 nitrogen and oxygen atoms in total. The molecular weight excluding hydrogens is 466 g/mol. The zero-order valence-electron chi connectivity index (χ0n) is 20.9. The molecule has 1 aliphatic carbocycles. The Kier molecular flexibility index (Phi) is 5.55. The molecule has 1 unspecified atom stereocenters. The van der Waals surface area contributed by atoms with Gasteiger partial charge in [-0.25, -0.2) is 4.98 Å². The van der Waals surface area contributed by atoms with Gasteiger partial charge in [0.25, 0.3) is 5.91 Å². The zero-order valence-corrected chi connectivity index (χ0v) is 20.9. The number of amides is 3. The second kappa shape index (κ2) is 8.80. The maximum absolute atomic E-state index is 13.3. The van der Waals surface area contributed by atoms with Crippen LogP contribution in [0.25, 0.3) is 0 Å². The summed E-state index contributed by atoms with van der Waals surface area (Å²) in [6, 6.07) is 15.2. The van der Waals surface area contributed by atoms with Gasteiger partial charge in [0, 0.05) is 48.6 Å². The zero-order chi connectivity index (χ0) is 25.7. The highest BCUT2D eigenvalue weighted by Gasteiger charge is 2.51. The minimum atomic E-state index is -0.742. The Labute approximate surface area is 215 Å². The molecule has 1 fully saturated rings. The predicted octanol–water partition coefficient (Wildman–Crippen LogP) is 2.99. The van der Waals surface area contributed by atoms with Crippen LogP contribution in [0, 0.1) is 0 Å². The molecule has 2 aromatic heterocycles. The summed E-state index contributed by atoms with van der Waals surface area (Å²) >= 11 is 0. The second-order valence-electron chi connectivity index (χ2n) is 10.3. The number of aromatic nitrogens is 2. The summed E-state index contributed by atoms with van der Waals surface area (Å²) in [4.78, 5) is 50.3. The number of piperidine rings is 1. The van der Waals surface area contributed by atoms with Crippen LogP contribution in [0.2, 0.25) is 0 Å². The molecule has 37 heavy (non-hydrogen) atoms. The summed E-state index contributed by atoms with van der Waals surface area (Å²) in [6.07, 6.45) is 4.68. The molecule has 188 valence electrons. The van der Waals surface area contributed by atoms with Gasteiger partial charge in [-0.15, -0.1) is 0 Å². The van der Waals surface area contributed by atoms with E-state index in [1.165, 1.54) is 0 Å². The summed E-state index contributed by atoms with van der Waals surface area (Å²) < 4.78 is 0. The first kappa shape index (κ1) is 23.3. The number of nitrogens with one attached hydrogen (secondary N) is 2. The average molecular weight is 496 g/mol. The van der Waals surface area contributed by atoms with Crippen molar-refractivity contribution in [1.82, 2.24) is 20.2 Å². The van der Waals surface area contributed by atoms with Crippen molar-refractivity contribution in [2.75, 3.05) is 11.9 Å². The minimum Gasteiger partial charge on any atom is -0.340 e. The fourth-order valence-corrected chi connectivity index (χ4v) is 6.33. The summed E-state index contributed by atoms with van der Waals surface area (Å²) in [6.45, 7) is 4.62. The third-order valence-electron chi connectivity index (χ3n) is 8.29. The van der Waals surface area contributed by atoms with E-state index in [0.29, 0.717) is 37.2 Å². The number of likely N-dealkylation sites (N-methyl/N-ethyl adjacent to an activating group) is 1. The van der Waals surface area contributed by atoms with E-state index in [1.807, 2.05) is 48.2 Å². The Morgan fingerprint density at radius 1 is 1.14 bits per heavy atom. The van der Waals surface area contributed by atoms with Crippen molar-refractivity contribution < 1.29 is 14.4 Å². The number of anilines is 1. The molecule has 3 amide bonds. The molecule has 4 atom stereocenters. The molecule has 1 aromatic carbocycles. The Hall–Kier alpha value is -4.07. The number of fused-ring (bicyclic) bond motifs is 3. The normalized spacial score (nSPS) is 26.1. The molecule has 0 bridgehead atoms. The van der Waals surface area contributed by atoms with E-state index in [4.69, 9.17) is 0 Å². The Morgan fingerprint density at radius 2 is 1.95 bits per heavy atom. The number of rotatable bonds is 4. The van der Waals surface area contributed by atoms with Crippen molar-refractivity contribution in [2.24, 2.45) is 0 Å². The molecular formula is C29H29N5O3. The average Bonchev–Trinajstić information content (AvgIpc) is 3.43. The van der Waals surface area contributed by atoms with Gasteiger partial charge in [-0.2, -0.15) is 0 Å². The number of pyridine rings is 2. The van der Waals surface area contributed by atoms with Crippen LogP contribution < -0.4 is 10.6 Å². The summed E-state index contributed by atoms with van der Waals surface area (Å²) in [5.41, 5.74) is 3.37. The molecule has 6 rings (SSSR count). The topological polar surface area (TPSA) is 104 Å². The van der Waals surface area contributed by atoms with Crippen LogP contribution in [-0.2, 0) is 27.8 Å². The Balaban J connectivity index is 1.23. The van der Waals surface area contributed by atoms with Crippen molar-refractivity contribution in [2.45, 2.75) is 56.5 Å².